The predicted molar refractivity (Wildman–Crippen MR) is 259 cm³/mol. The van der Waals surface area contributed by atoms with Crippen LogP contribution in [0.5, 0.6) is 0 Å². The number of likely N-dealkylation sites (tertiary alicyclic amines) is 1. The van der Waals surface area contributed by atoms with Gasteiger partial charge in [0, 0.05) is 81.4 Å². The minimum atomic E-state index is -1.27. The van der Waals surface area contributed by atoms with Crippen molar-refractivity contribution in [3.05, 3.63) is 118 Å². The van der Waals surface area contributed by atoms with Crippen LogP contribution >= 0.6 is 23.2 Å². The van der Waals surface area contributed by atoms with Gasteiger partial charge in [-0.15, -0.1) is 0 Å². The van der Waals surface area contributed by atoms with Crippen molar-refractivity contribution in [2.24, 2.45) is 0 Å². The van der Waals surface area contributed by atoms with Crippen LogP contribution in [0, 0.1) is 0 Å². The van der Waals surface area contributed by atoms with Crippen molar-refractivity contribution in [1.82, 2.24) is 35.2 Å². The summed E-state index contributed by atoms with van der Waals surface area (Å²) >= 11 is 13.0. The number of nitrogens with one attached hydrogen (secondary N) is 4. The fraction of sp³-hybridized carbons (Fsp3) is 0.347. The van der Waals surface area contributed by atoms with Crippen LogP contribution in [0.2, 0.25) is 10.0 Å². The van der Waals surface area contributed by atoms with Crippen molar-refractivity contribution in [3.8, 4) is 16.9 Å². The Labute approximate surface area is 408 Å². The zero-order chi connectivity index (χ0) is 48.5. The molecule has 5 heterocycles. The Morgan fingerprint density at radius 1 is 0.783 bits per heavy atom. The fourth-order valence-electron chi connectivity index (χ4n) is 8.41. The molecule has 0 saturated carbocycles. The monoisotopic (exact) mass is 978 g/mol. The van der Waals surface area contributed by atoms with Gasteiger partial charge in [0.1, 0.15) is 11.9 Å². The third kappa shape index (κ3) is 12.2. The van der Waals surface area contributed by atoms with Crippen LogP contribution in [-0.4, -0.2) is 136 Å². The number of imide groups is 1. The Kier molecular flexibility index (Phi) is 15.5. The molecule has 3 aliphatic heterocycles. The van der Waals surface area contributed by atoms with Crippen molar-refractivity contribution in [2.75, 3.05) is 74.6 Å². The number of para-hydroxylation sites is 1. The van der Waals surface area contributed by atoms with Crippen LogP contribution in [-0.2, 0) is 23.9 Å². The molecule has 1 unspecified atom stereocenters. The van der Waals surface area contributed by atoms with E-state index in [-0.39, 0.29) is 104 Å². The van der Waals surface area contributed by atoms with Gasteiger partial charge in [0.2, 0.25) is 23.6 Å². The van der Waals surface area contributed by atoms with Crippen LogP contribution in [0.25, 0.3) is 16.9 Å². The van der Waals surface area contributed by atoms with E-state index in [0.717, 1.165) is 11.4 Å². The molecule has 0 radical (unpaired) electrons. The van der Waals surface area contributed by atoms with Crippen LogP contribution in [0.15, 0.2) is 97.2 Å². The molecule has 0 bridgehead atoms. The topological polar surface area (TPSA) is 220 Å². The predicted octanol–water partition coefficient (Wildman–Crippen LogP) is 4.94. The number of pyridine rings is 1. The Balaban J connectivity index is 0.748. The molecule has 20 heteroatoms. The standard InChI is InChI=1S/C49H52Cl2N10O8/c50-37-29-38(51)36(28-35(37)39-8-4-5-19-52-39)46(65)55-42-30-41(57-61(42)34-6-2-1-3-7-34)47(66)53-31-49(68)17-20-59(21-18-49)44(63)15-26-69-27-16-45(64)60-24-22-58(23-25-60)33-11-9-32(10-12-33)54-40-13-14-43(62)56-48(40)67/h1-12,19,28-30,40,54,68H,13-18,20-27,31H2,(H,53,66)(H,55,65)(H,56,62,67). The highest BCUT2D eigenvalue weighted by molar-refractivity contribution is 6.38. The summed E-state index contributed by atoms with van der Waals surface area (Å²) in [6.07, 6.45) is 3.16. The number of carbonyl (C=O) groups is 6. The van der Waals surface area contributed by atoms with Gasteiger partial charge in [-0.1, -0.05) is 47.5 Å². The number of piperazine rings is 1. The maximum absolute atomic E-state index is 13.7. The molecular weight excluding hydrogens is 928 g/mol. The van der Waals surface area contributed by atoms with Gasteiger partial charge < -0.3 is 40.5 Å². The summed E-state index contributed by atoms with van der Waals surface area (Å²) in [6, 6.07) is 26.1. The summed E-state index contributed by atoms with van der Waals surface area (Å²) in [5, 5.41) is 27.5. The van der Waals surface area contributed by atoms with Crippen molar-refractivity contribution in [3.63, 3.8) is 0 Å². The Hall–Kier alpha value is -6.86. The lowest BCUT2D eigenvalue weighted by molar-refractivity contribution is -0.137. The molecule has 360 valence electrons. The van der Waals surface area contributed by atoms with Crippen molar-refractivity contribution >= 4 is 75.8 Å². The molecule has 3 fully saturated rings. The first-order valence-electron chi connectivity index (χ1n) is 22.8. The quantitative estimate of drug-likeness (QED) is 0.0656. The third-order valence-corrected chi connectivity index (χ3v) is 13.0. The number of halogens is 2. The third-order valence-electron chi connectivity index (χ3n) is 12.4. The van der Waals surface area contributed by atoms with E-state index in [0.29, 0.717) is 61.0 Å². The lowest BCUT2D eigenvalue weighted by Gasteiger charge is -2.38. The molecule has 18 nitrogen and oxygen atoms in total. The molecule has 8 rings (SSSR count). The second-order valence-corrected chi connectivity index (χ2v) is 17.9. The smallest absolute Gasteiger partial charge is 0.271 e. The average molecular weight is 980 g/mol. The average Bonchev–Trinajstić information content (AvgIpc) is 3.78. The van der Waals surface area contributed by atoms with E-state index in [4.69, 9.17) is 27.9 Å². The summed E-state index contributed by atoms with van der Waals surface area (Å²) < 4.78 is 7.12. The van der Waals surface area contributed by atoms with Crippen LogP contribution < -0.4 is 26.2 Å². The summed E-state index contributed by atoms with van der Waals surface area (Å²) in [5.41, 5.74) is 2.30. The largest absolute Gasteiger partial charge is 0.388 e. The number of amides is 6. The summed E-state index contributed by atoms with van der Waals surface area (Å²) in [4.78, 5) is 86.7. The molecule has 0 spiro atoms. The maximum Gasteiger partial charge on any atom is 0.271 e. The van der Waals surface area contributed by atoms with Gasteiger partial charge in [0.25, 0.3) is 11.8 Å². The van der Waals surface area contributed by atoms with E-state index in [1.807, 2.05) is 35.2 Å². The SMILES string of the molecule is O=C1CCC(Nc2ccc(N3CCN(C(=O)CCOCCC(=O)N4CCC(O)(CNC(=O)c5cc(NC(=O)c6cc(-c7ccccn7)c(Cl)cc6Cl)n(-c6ccccc6)n5)CC4)CC3)cc2)C(=O)N1. The van der Waals surface area contributed by atoms with Gasteiger partial charge in [-0.25, -0.2) is 4.68 Å². The first-order valence-corrected chi connectivity index (χ1v) is 23.5. The second kappa shape index (κ2) is 22.1. The van der Waals surface area contributed by atoms with Crippen molar-refractivity contribution < 1.29 is 38.6 Å². The molecule has 5 N–H and O–H groups in total. The molecule has 6 amide bonds. The molecule has 5 aromatic rings. The van der Waals surface area contributed by atoms with Crippen LogP contribution in [0.1, 0.15) is 59.4 Å². The van der Waals surface area contributed by atoms with E-state index in [2.05, 4.69) is 36.2 Å². The number of ether oxygens (including phenoxy) is 1. The number of hydrogen-bond acceptors (Lipinski definition) is 12. The van der Waals surface area contributed by atoms with Gasteiger partial charge >= 0.3 is 0 Å². The fourth-order valence-corrected chi connectivity index (χ4v) is 8.97. The molecule has 3 aliphatic rings. The highest BCUT2D eigenvalue weighted by Gasteiger charge is 2.35. The van der Waals surface area contributed by atoms with E-state index >= 15 is 0 Å². The molecule has 0 aliphatic carbocycles. The minimum Gasteiger partial charge on any atom is -0.388 e. The number of anilines is 3. The van der Waals surface area contributed by atoms with Gasteiger partial charge in [-0.05, 0) is 79.9 Å². The maximum atomic E-state index is 13.7. The molecule has 2 aromatic heterocycles. The highest BCUT2D eigenvalue weighted by atomic mass is 35.5. The van der Waals surface area contributed by atoms with Gasteiger partial charge in [0.05, 0.1) is 58.6 Å². The van der Waals surface area contributed by atoms with Crippen molar-refractivity contribution in [1.29, 1.82) is 0 Å². The number of aromatic nitrogens is 3. The number of benzene rings is 3. The number of carbonyl (C=O) groups excluding carboxylic acids is 6. The summed E-state index contributed by atoms with van der Waals surface area (Å²) in [5.74, 6) is -1.66. The number of hydrogen-bond donors (Lipinski definition) is 5. The molecule has 3 saturated heterocycles. The second-order valence-electron chi connectivity index (χ2n) is 17.1. The Morgan fingerprint density at radius 3 is 2.13 bits per heavy atom. The molecule has 3 aromatic carbocycles. The molecule has 69 heavy (non-hydrogen) atoms. The number of piperidine rings is 2. The lowest BCUT2D eigenvalue weighted by atomic mass is 9.91. The Morgan fingerprint density at radius 2 is 1.46 bits per heavy atom. The number of rotatable bonds is 16. The van der Waals surface area contributed by atoms with E-state index in [1.165, 1.54) is 16.8 Å². The highest BCUT2D eigenvalue weighted by Crippen LogP contribution is 2.33. The van der Waals surface area contributed by atoms with Gasteiger partial charge in [-0.3, -0.25) is 39.1 Å². The van der Waals surface area contributed by atoms with E-state index in [1.54, 1.807) is 59.6 Å². The normalized spacial score (nSPS) is 17.0. The van der Waals surface area contributed by atoms with Crippen molar-refractivity contribution in [2.45, 2.75) is 50.2 Å². The lowest BCUT2D eigenvalue weighted by Crippen LogP contribution is -2.52. The first kappa shape index (κ1) is 48.6. The van der Waals surface area contributed by atoms with Gasteiger partial charge in [-0.2, -0.15) is 5.10 Å². The first-order chi connectivity index (χ1) is 33.3. The van der Waals surface area contributed by atoms with Crippen LogP contribution in [0.3, 0.4) is 0 Å². The zero-order valence-electron chi connectivity index (χ0n) is 37.7. The summed E-state index contributed by atoms with van der Waals surface area (Å²) in [6.45, 7) is 3.29. The summed E-state index contributed by atoms with van der Waals surface area (Å²) in [7, 11) is 0. The van der Waals surface area contributed by atoms with Gasteiger partial charge in [0.15, 0.2) is 5.69 Å². The van der Waals surface area contributed by atoms with E-state index in [9.17, 15) is 33.9 Å². The zero-order valence-corrected chi connectivity index (χ0v) is 39.2. The minimum absolute atomic E-state index is 0.00620. The molecule has 1 atom stereocenters. The molecular formula is C49H52Cl2N10O8. The number of nitrogens with zero attached hydrogens (tertiary/aromatic N) is 6. The Bertz CT molecular complexity index is 2670. The van der Waals surface area contributed by atoms with Crippen LogP contribution in [0.4, 0.5) is 17.2 Å². The van der Waals surface area contributed by atoms with E-state index < -0.39 is 23.5 Å². The number of aliphatic hydroxyl groups is 1.